The molecule has 2 aromatic heterocycles. The summed E-state index contributed by atoms with van der Waals surface area (Å²) >= 11 is 0. The standard InChI is InChI=1S/C18H19N3/c1-2-9-21-18(15-6-4-10-19-12-15)16-7-3-5-14-8-11-20-13-17(14)16/h3-8,10-13,18,21H,2,9H2,1H3. The van der Waals surface area contributed by atoms with Crippen molar-refractivity contribution < 1.29 is 0 Å². The van der Waals surface area contributed by atoms with Gasteiger partial charge >= 0.3 is 0 Å². The van der Waals surface area contributed by atoms with Gasteiger partial charge in [-0.05, 0) is 41.6 Å². The van der Waals surface area contributed by atoms with Gasteiger partial charge in [0.2, 0.25) is 0 Å². The van der Waals surface area contributed by atoms with Crippen molar-refractivity contribution >= 4 is 10.8 Å². The van der Waals surface area contributed by atoms with Crippen molar-refractivity contribution in [3.63, 3.8) is 0 Å². The van der Waals surface area contributed by atoms with Crippen molar-refractivity contribution in [3.05, 3.63) is 72.3 Å². The summed E-state index contributed by atoms with van der Waals surface area (Å²) in [5, 5.41) is 6.04. The van der Waals surface area contributed by atoms with Gasteiger partial charge in [0.15, 0.2) is 0 Å². The lowest BCUT2D eigenvalue weighted by Crippen LogP contribution is -2.23. The minimum atomic E-state index is 0.145. The van der Waals surface area contributed by atoms with Crippen LogP contribution in [0.3, 0.4) is 0 Å². The first-order valence-electron chi connectivity index (χ1n) is 7.36. The van der Waals surface area contributed by atoms with Crippen LogP contribution in [0, 0.1) is 0 Å². The Morgan fingerprint density at radius 3 is 2.71 bits per heavy atom. The summed E-state index contributed by atoms with van der Waals surface area (Å²) in [6.45, 7) is 3.15. The summed E-state index contributed by atoms with van der Waals surface area (Å²) in [4.78, 5) is 8.55. The van der Waals surface area contributed by atoms with Crippen molar-refractivity contribution in [2.75, 3.05) is 6.54 Å². The van der Waals surface area contributed by atoms with Gasteiger partial charge in [-0.3, -0.25) is 9.97 Å². The van der Waals surface area contributed by atoms with E-state index in [1.54, 1.807) is 0 Å². The van der Waals surface area contributed by atoms with Crippen LogP contribution < -0.4 is 5.32 Å². The average Bonchev–Trinajstić information content (AvgIpc) is 2.56. The lowest BCUT2D eigenvalue weighted by Gasteiger charge is -2.20. The van der Waals surface area contributed by atoms with Crippen LogP contribution in [0.1, 0.15) is 30.5 Å². The van der Waals surface area contributed by atoms with E-state index < -0.39 is 0 Å². The third-order valence-corrected chi connectivity index (χ3v) is 3.64. The molecule has 2 heterocycles. The van der Waals surface area contributed by atoms with Crippen molar-refractivity contribution in [1.29, 1.82) is 0 Å². The van der Waals surface area contributed by atoms with Crippen molar-refractivity contribution in [1.82, 2.24) is 15.3 Å². The van der Waals surface area contributed by atoms with E-state index in [0.29, 0.717) is 0 Å². The van der Waals surface area contributed by atoms with Gasteiger partial charge in [-0.25, -0.2) is 0 Å². The zero-order chi connectivity index (χ0) is 14.5. The van der Waals surface area contributed by atoms with E-state index in [0.717, 1.165) is 13.0 Å². The highest BCUT2D eigenvalue weighted by Crippen LogP contribution is 2.28. The molecule has 0 saturated carbocycles. The molecular formula is C18H19N3. The minimum absolute atomic E-state index is 0.145. The first kappa shape index (κ1) is 13.7. The van der Waals surface area contributed by atoms with Gasteiger partial charge in [-0.15, -0.1) is 0 Å². The third-order valence-electron chi connectivity index (χ3n) is 3.64. The number of nitrogens with one attached hydrogen (secondary N) is 1. The molecule has 0 aliphatic rings. The largest absolute Gasteiger partial charge is 0.306 e. The Balaban J connectivity index is 2.10. The first-order chi connectivity index (χ1) is 10.4. The van der Waals surface area contributed by atoms with E-state index in [1.807, 2.05) is 30.9 Å². The van der Waals surface area contributed by atoms with Gasteiger partial charge in [-0.2, -0.15) is 0 Å². The molecule has 3 rings (SSSR count). The van der Waals surface area contributed by atoms with E-state index in [1.165, 1.54) is 21.9 Å². The number of benzene rings is 1. The first-order valence-corrected chi connectivity index (χ1v) is 7.36. The normalized spacial score (nSPS) is 12.4. The third kappa shape index (κ3) is 2.93. The molecular weight excluding hydrogens is 258 g/mol. The second-order valence-electron chi connectivity index (χ2n) is 5.12. The smallest absolute Gasteiger partial charge is 0.0598 e. The highest BCUT2D eigenvalue weighted by Gasteiger charge is 2.15. The number of fused-ring (bicyclic) bond motifs is 1. The van der Waals surface area contributed by atoms with E-state index in [2.05, 4.69) is 52.5 Å². The van der Waals surface area contributed by atoms with E-state index in [4.69, 9.17) is 0 Å². The topological polar surface area (TPSA) is 37.8 Å². The van der Waals surface area contributed by atoms with Crippen LogP contribution in [0.5, 0.6) is 0 Å². The van der Waals surface area contributed by atoms with Crippen LogP contribution in [-0.2, 0) is 0 Å². The van der Waals surface area contributed by atoms with Gasteiger partial charge in [0.05, 0.1) is 6.04 Å². The van der Waals surface area contributed by atoms with Gasteiger partial charge in [-0.1, -0.05) is 31.2 Å². The SMILES string of the molecule is CCCNC(c1cccnc1)c1cccc2ccncc12. The number of hydrogen-bond acceptors (Lipinski definition) is 3. The molecule has 0 aliphatic carbocycles. The maximum atomic E-state index is 4.29. The van der Waals surface area contributed by atoms with Gasteiger partial charge < -0.3 is 5.32 Å². The summed E-state index contributed by atoms with van der Waals surface area (Å²) in [6, 6.07) is 12.7. The Kier molecular flexibility index (Phi) is 4.22. The molecule has 1 aromatic carbocycles. The molecule has 1 unspecified atom stereocenters. The van der Waals surface area contributed by atoms with Crippen LogP contribution in [0.25, 0.3) is 10.8 Å². The molecule has 0 spiro atoms. The van der Waals surface area contributed by atoms with Gasteiger partial charge in [0, 0.05) is 30.2 Å². The zero-order valence-electron chi connectivity index (χ0n) is 12.2. The Bertz CT molecular complexity index is 704. The fraction of sp³-hybridized carbons (Fsp3) is 0.222. The molecule has 3 nitrogen and oxygen atoms in total. The maximum Gasteiger partial charge on any atom is 0.0598 e. The Morgan fingerprint density at radius 2 is 1.90 bits per heavy atom. The zero-order valence-corrected chi connectivity index (χ0v) is 12.2. The number of pyridine rings is 2. The van der Waals surface area contributed by atoms with Gasteiger partial charge in [0.1, 0.15) is 0 Å². The van der Waals surface area contributed by atoms with Crippen LogP contribution in [0.4, 0.5) is 0 Å². The number of aromatic nitrogens is 2. The molecule has 0 saturated heterocycles. The minimum Gasteiger partial charge on any atom is -0.306 e. The molecule has 0 aliphatic heterocycles. The Labute approximate surface area is 125 Å². The molecule has 3 heteroatoms. The average molecular weight is 277 g/mol. The highest BCUT2D eigenvalue weighted by atomic mass is 14.9. The monoisotopic (exact) mass is 277 g/mol. The number of hydrogen-bond donors (Lipinski definition) is 1. The molecule has 106 valence electrons. The summed E-state index contributed by atoms with van der Waals surface area (Å²) in [5.74, 6) is 0. The molecule has 0 amide bonds. The Morgan fingerprint density at radius 1 is 1.00 bits per heavy atom. The lowest BCUT2D eigenvalue weighted by atomic mass is 9.95. The summed E-state index contributed by atoms with van der Waals surface area (Å²) in [6.07, 6.45) is 8.62. The van der Waals surface area contributed by atoms with Crippen molar-refractivity contribution in [2.24, 2.45) is 0 Å². The van der Waals surface area contributed by atoms with Crippen LogP contribution in [0.15, 0.2) is 61.2 Å². The van der Waals surface area contributed by atoms with E-state index in [9.17, 15) is 0 Å². The number of nitrogens with zero attached hydrogens (tertiary/aromatic N) is 2. The van der Waals surface area contributed by atoms with Crippen LogP contribution >= 0.6 is 0 Å². The molecule has 1 N–H and O–H groups in total. The predicted octanol–water partition coefficient (Wildman–Crippen LogP) is 3.72. The second kappa shape index (κ2) is 6.46. The molecule has 3 aromatic rings. The van der Waals surface area contributed by atoms with Crippen LogP contribution in [-0.4, -0.2) is 16.5 Å². The number of rotatable bonds is 5. The van der Waals surface area contributed by atoms with E-state index in [-0.39, 0.29) is 6.04 Å². The fourth-order valence-corrected chi connectivity index (χ4v) is 2.63. The van der Waals surface area contributed by atoms with E-state index >= 15 is 0 Å². The summed E-state index contributed by atoms with van der Waals surface area (Å²) in [7, 11) is 0. The lowest BCUT2D eigenvalue weighted by molar-refractivity contribution is 0.600. The molecule has 1 atom stereocenters. The highest BCUT2D eigenvalue weighted by molar-refractivity contribution is 5.85. The van der Waals surface area contributed by atoms with Crippen molar-refractivity contribution in [3.8, 4) is 0 Å². The predicted molar refractivity (Wildman–Crippen MR) is 86.1 cm³/mol. The van der Waals surface area contributed by atoms with Gasteiger partial charge in [0.25, 0.3) is 0 Å². The molecule has 0 fully saturated rings. The molecule has 0 radical (unpaired) electrons. The fourth-order valence-electron chi connectivity index (χ4n) is 2.63. The quantitative estimate of drug-likeness (QED) is 0.772. The summed E-state index contributed by atoms with van der Waals surface area (Å²) in [5.41, 5.74) is 2.43. The summed E-state index contributed by atoms with van der Waals surface area (Å²) < 4.78 is 0. The second-order valence-corrected chi connectivity index (χ2v) is 5.12. The van der Waals surface area contributed by atoms with Crippen molar-refractivity contribution in [2.45, 2.75) is 19.4 Å². The maximum absolute atomic E-state index is 4.29. The molecule has 21 heavy (non-hydrogen) atoms. The van der Waals surface area contributed by atoms with Crippen LogP contribution in [0.2, 0.25) is 0 Å². The molecule has 0 bridgehead atoms. The Hall–Kier alpha value is -2.26.